The van der Waals surface area contributed by atoms with Crippen molar-refractivity contribution in [3.63, 3.8) is 0 Å². The standard InChI is InChI=1S/C10H17N/c1-6-4-7-8(5-6)10-3-2-9(7)11-10/h6-11H,2-5H2,1H3/t6?,7-,8+,9?,10?. The third-order valence-corrected chi connectivity index (χ3v) is 4.15. The molecule has 0 aromatic heterocycles. The summed E-state index contributed by atoms with van der Waals surface area (Å²) in [6.45, 7) is 2.43. The van der Waals surface area contributed by atoms with Crippen LogP contribution in [0.1, 0.15) is 32.6 Å². The molecule has 5 atom stereocenters. The predicted molar refractivity (Wildman–Crippen MR) is 45.3 cm³/mol. The van der Waals surface area contributed by atoms with E-state index in [2.05, 4.69) is 12.2 Å². The zero-order chi connectivity index (χ0) is 7.42. The van der Waals surface area contributed by atoms with Gasteiger partial charge in [0.1, 0.15) is 0 Å². The van der Waals surface area contributed by atoms with Crippen LogP contribution in [-0.2, 0) is 0 Å². The van der Waals surface area contributed by atoms with Crippen LogP contribution in [0.15, 0.2) is 0 Å². The Morgan fingerprint density at radius 2 is 1.55 bits per heavy atom. The lowest BCUT2D eigenvalue weighted by atomic mass is 9.82. The van der Waals surface area contributed by atoms with Crippen molar-refractivity contribution in [2.45, 2.75) is 44.7 Å². The Morgan fingerprint density at radius 3 is 2.09 bits per heavy atom. The molecule has 1 saturated carbocycles. The van der Waals surface area contributed by atoms with Crippen LogP contribution in [0.25, 0.3) is 0 Å². The normalized spacial score (nSPS) is 60.3. The van der Waals surface area contributed by atoms with Gasteiger partial charge in [-0.15, -0.1) is 0 Å². The van der Waals surface area contributed by atoms with E-state index in [1.54, 1.807) is 0 Å². The molecule has 0 aromatic rings. The highest BCUT2D eigenvalue weighted by molar-refractivity contribution is 5.06. The van der Waals surface area contributed by atoms with Crippen molar-refractivity contribution in [2.75, 3.05) is 0 Å². The molecule has 0 spiro atoms. The Balaban J connectivity index is 1.87. The summed E-state index contributed by atoms with van der Waals surface area (Å²) in [7, 11) is 0. The van der Waals surface area contributed by atoms with Crippen molar-refractivity contribution in [3.8, 4) is 0 Å². The van der Waals surface area contributed by atoms with E-state index in [0.29, 0.717) is 0 Å². The van der Waals surface area contributed by atoms with Crippen LogP contribution in [-0.4, -0.2) is 12.1 Å². The highest BCUT2D eigenvalue weighted by atomic mass is 15.1. The van der Waals surface area contributed by atoms with Crippen molar-refractivity contribution < 1.29 is 0 Å². The molecule has 62 valence electrons. The van der Waals surface area contributed by atoms with Gasteiger partial charge in [-0.3, -0.25) is 0 Å². The summed E-state index contributed by atoms with van der Waals surface area (Å²) in [5, 5.41) is 3.75. The van der Waals surface area contributed by atoms with Gasteiger partial charge >= 0.3 is 0 Å². The second-order valence-corrected chi connectivity index (χ2v) is 4.86. The Morgan fingerprint density at radius 1 is 1.00 bits per heavy atom. The number of rotatable bonds is 0. The van der Waals surface area contributed by atoms with E-state index in [1.165, 1.54) is 25.7 Å². The monoisotopic (exact) mass is 151 g/mol. The summed E-state index contributed by atoms with van der Waals surface area (Å²) in [5.41, 5.74) is 0. The third-order valence-electron chi connectivity index (χ3n) is 4.15. The average Bonchev–Trinajstić information content (AvgIpc) is 2.53. The quantitative estimate of drug-likeness (QED) is 0.556. The molecule has 1 N–H and O–H groups in total. The fraction of sp³-hybridized carbons (Fsp3) is 1.00. The van der Waals surface area contributed by atoms with Crippen molar-refractivity contribution in [1.29, 1.82) is 0 Å². The Hall–Kier alpha value is -0.0400. The van der Waals surface area contributed by atoms with Gasteiger partial charge in [-0.2, -0.15) is 0 Å². The number of hydrogen-bond donors (Lipinski definition) is 1. The molecule has 3 fully saturated rings. The van der Waals surface area contributed by atoms with E-state index < -0.39 is 0 Å². The van der Waals surface area contributed by atoms with Gasteiger partial charge in [0.2, 0.25) is 0 Å². The van der Waals surface area contributed by atoms with E-state index in [0.717, 1.165) is 29.8 Å². The SMILES string of the molecule is CC1C[C@@H]2C3CCC(N3)[C@@H]2C1. The second kappa shape index (κ2) is 2.01. The lowest BCUT2D eigenvalue weighted by molar-refractivity contribution is 0.330. The predicted octanol–water partition coefficient (Wildman–Crippen LogP) is 1.78. The Labute approximate surface area is 68.6 Å². The topological polar surface area (TPSA) is 12.0 Å². The Kier molecular flexibility index (Phi) is 1.18. The molecule has 11 heavy (non-hydrogen) atoms. The maximum absolute atomic E-state index is 3.75. The van der Waals surface area contributed by atoms with E-state index in [1.807, 2.05) is 0 Å². The van der Waals surface area contributed by atoms with Gasteiger partial charge in [-0.1, -0.05) is 6.92 Å². The molecule has 2 saturated heterocycles. The first-order valence-electron chi connectivity index (χ1n) is 5.10. The minimum Gasteiger partial charge on any atom is -0.311 e. The molecule has 3 aliphatic rings. The summed E-state index contributed by atoms with van der Waals surface area (Å²) in [6.07, 6.45) is 5.97. The lowest BCUT2D eigenvalue weighted by Gasteiger charge is -2.21. The van der Waals surface area contributed by atoms with E-state index in [-0.39, 0.29) is 0 Å². The average molecular weight is 151 g/mol. The molecule has 1 nitrogen and oxygen atoms in total. The molecule has 3 unspecified atom stereocenters. The minimum atomic E-state index is 0.926. The maximum Gasteiger partial charge on any atom is 0.0102 e. The van der Waals surface area contributed by atoms with Crippen LogP contribution >= 0.6 is 0 Å². The molecule has 2 aliphatic heterocycles. The highest BCUT2D eigenvalue weighted by Crippen LogP contribution is 2.49. The molecule has 1 aliphatic carbocycles. The molecule has 0 amide bonds. The minimum absolute atomic E-state index is 0.926. The summed E-state index contributed by atoms with van der Waals surface area (Å²) in [6, 6.07) is 1.85. The molecular formula is C10H17N. The van der Waals surface area contributed by atoms with Crippen LogP contribution in [0.5, 0.6) is 0 Å². The smallest absolute Gasteiger partial charge is 0.0102 e. The first kappa shape index (κ1) is 6.47. The third kappa shape index (κ3) is 0.752. The molecular weight excluding hydrogens is 134 g/mol. The molecule has 3 rings (SSSR count). The van der Waals surface area contributed by atoms with E-state index >= 15 is 0 Å². The number of nitrogens with one attached hydrogen (secondary N) is 1. The largest absolute Gasteiger partial charge is 0.311 e. The zero-order valence-corrected chi connectivity index (χ0v) is 7.22. The molecule has 2 bridgehead atoms. The van der Waals surface area contributed by atoms with Gasteiger partial charge in [0.15, 0.2) is 0 Å². The first-order valence-corrected chi connectivity index (χ1v) is 5.10. The van der Waals surface area contributed by atoms with Gasteiger partial charge in [0.05, 0.1) is 0 Å². The van der Waals surface area contributed by atoms with Crippen LogP contribution in [0, 0.1) is 17.8 Å². The van der Waals surface area contributed by atoms with Gasteiger partial charge in [-0.25, -0.2) is 0 Å². The first-order chi connectivity index (χ1) is 5.34. The summed E-state index contributed by atoms with van der Waals surface area (Å²) < 4.78 is 0. The summed E-state index contributed by atoms with van der Waals surface area (Å²) >= 11 is 0. The van der Waals surface area contributed by atoms with Crippen molar-refractivity contribution in [1.82, 2.24) is 5.32 Å². The van der Waals surface area contributed by atoms with Gasteiger partial charge in [0, 0.05) is 12.1 Å². The van der Waals surface area contributed by atoms with Gasteiger partial charge < -0.3 is 5.32 Å². The van der Waals surface area contributed by atoms with Crippen LogP contribution in [0.2, 0.25) is 0 Å². The van der Waals surface area contributed by atoms with Gasteiger partial charge in [-0.05, 0) is 43.4 Å². The van der Waals surface area contributed by atoms with Gasteiger partial charge in [0.25, 0.3) is 0 Å². The molecule has 2 heterocycles. The van der Waals surface area contributed by atoms with Crippen molar-refractivity contribution in [3.05, 3.63) is 0 Å². The van der Waals surface area contributed by atoms with Crippen molar-refractivity contribution in [2.24, 2.45) is 17.8 Å². The number of hydrogen-bond acceptors (Lipinski definition) is 1. The zero-order valence-electron chi connectivity index (χ0n) is 7.22. The molecule has 0 radical (unpaired) electrons. The van der Waals surface area contributed by atoms with Crippen LogP contribution in [0.4, 0.5) is 0 Å². The highest BCUT2D eigenvalue weighted by Gasteiger charge is 2.50. The van der Waals surface area contributed by atoms with Crippen LogP contribution in [0.3, 0.4) is 0 Å². The summed E-state index contributed by atoms with van der Waals surface area (Å²) in [4.78, 5) is 0. The van der Waals surface area contributed by atoms with E-state index in [9.17, 15) is 0 Å². The fourth-order valence-electron chi connectivity index (χ4n) is 3.78. The second-order valence-electron chi connectivity index (χ2n) is 4.86. The fourth-order valence-corrected chi connectivity index (χ4v) is 3.78. The van der Waals surface area contributed by atoms with Crippen molar-refractivity contribution >= 4 is 0 Å². The molecule has 1 heteroatoms. The lowest BCUT2D eigenvalue weighted by Crippen LogP contribution is -2.23. The van der Waals surface area contributed by atoms with E-state index in [4.69, 9.17) is 0 Å². The maximum atomic E-state index is 3.75. The van der Waals surface area contributed by atoms with Crippen LogP contribution < -0.4 is 5.32 Å². The Bertz CT molecular complexity index is 160. The molecule has 0 aromatic carbocycles. The number of fused-ring (bicyclic) bond motifs is 5. The summed E-state index contributed by atoms with van der Waals surface area (Å²) in [5.74, 6) is 3.17.